The van der Waals surface area contributed by atoms with E-state index in [4.69, 9.17) is 5.84 Å². The number of hydrogen-bond acceptors (Lipinski definition) is 5. The number of aryl methyl sites for hydroxylation is 3. The fraction of sp³-hybridized carbons (Fsp3) is 0.364. The van der Waals surface area contributed by atoms with E-state index in [0.29, 0.717) is 11.6 Å². The summed E-state index contributed by atoms with van der Waals surface area (Å²) in [6.45, 7) is 5.81. The van der Waals surface area contributed by atoms with Gasteiger partial charge in [0.2, 0.25) is 0 Å². The number of hydrogen-bond donors (Lipinski definition) is 2. The number of nitrogens with one attached hydrogen (secondary N) is 1. The number of anilines is 1. The maximum atomic E-state index is 5.45. The highest BCUT2D eigenvalue weighted by Crippen LogP contribution is 2.22. The maximum absolute atomic E-state index is 5.45. The summed E-state index contributed by atoms with van der Waals surface area (Å²) in [7, 11) is 1.87. The highest BCUT2D eigenvalue weighted by atomic mass is 15.3. The number of nitrogen functional groups attached to an aromatic ring is 1. The zero-order valence-electron chi connectivity index (χ0n) is 10.4. The highest BCUT2D eigenvalue weighted by molar-refractivity contribution is 5.60. The van der Waals surface area contributed by atoms with E-state index >= 15 is 0 Å². The van der Waals surface area contributed by atoms with Gasteiger partial charge in [-0.2, -0.15) is 5.10 Å². The molecule has 0 amide bonds. The first-order valence-electron chi connectivity index (χ1n) is 5.35. The molecule has 0 saturated heterocycles. The van der Waals surface area contributed by atoms with Crippen LogP contribution in [0.4, 0.5) is 5.82 Å². The predicted molar refractivity (Wildman–Crippen MR) is 66.3 cm³/mol. The second-order valence-electron chi connectivity index (χ2n) is 4.05. The fourth-order valence-electron chi connectivity index (χ4n) is 1.71. The molecule has 0 aliphatic carbocycles. The molecule has 0 radical (unpaired) electrons. The predicted octanol–water partition coefficient (Wildman–Crippen LogP) is 1.09. The highest BCUT2D eigenvalue weighted by Gasteiger charge is 2.12. The average molecular weight is 232 g/mol. The van der Waals surface area contributed by atoms with E-state index in [1.165, 1.54) is 0 Å². The Labute approximate surface area is 99.9 Å². The summed E-state index contributed by atoms with van der Waals surface area (Å²) in [4.78, 5) is 8.86. The quantitative estimate of drug-likeness (QED) is 0.598. The normalized spacial score (nSPS) is 10.6. The first-order chi connectivity index (χ1) is 8.02. The van der Waals surface area contributed by atoms with Gasteiger partial charge >= 0.3 is 0 Å². The van der Waals surface area contributed by atoms with Crippen LogP contribution in [0.2, 0.25) is 0 Å². The van der Waals surface area contributed by atoms with Crippen LogP contribution in [0.25, 0.3) is 11.4 Å². The molecule has 0 bridgehead atoms. The van der Waals surface area contributed by atoms with Crippen molar-refractivity contribution in [1.29, 1.82) is 0 Å². The Morgan fingerprint density at radius 1 is 1.18 bits per heavy atom. The lowest BCUT2D eigenvalue weighted by atomic mass is 10.2. The summed E-state index contributed by atoms with van der Waals surface area (Å²) >= 11 is 0. The summed E-state index contributed by atoms with van der Waals surface area (Å²) < 4.78 is 1.75. The minimum atomic E-state index is 0.645. The monoisotopic (exact) mass is 232 g/mol. The van der Waals surface area contributed by atoms with Crippen LogP contribution in [0.15, 0.2) is 6.20 Å². The third-order valence-electron chi connectivity index (χ3n) is 2.78. The van der Waals surface area contributed by atoms with Gasteiger partial charge in [-0.15, -0.1) is 0 Å². The standard InChI is InChI=1S/C11H16N6/c1-6-7(2)13-11(14-10(6)15-12)9-5-17(4)16-8(9)3/h5H,12H2,1-4H3,(H,13,14,15). The van der Waals surface area contributed by atoms with Gasteiger partial charge in [-0.05, 0) is 20.8 Å². The molecule has 0 spiro atoms. The molecule has 3 N–H and O–H groups in total. The first-order valence-corrected chi connectivity index (χ1v) is 5.35. The maximum Gasteiger partial charge on any atom is 0.165 e. The third kappa shape index (κ3) is 1.99. The number of rotatable bonds is 2. The molecular formula is C11H16N6. The van der Waals surface area contributed by atoms with Crippen LogP contribution in [-0.4, -0.2) is 19.7 Å². The molecule has 0 aliphatic heterocycles. The minimum Gasteiger partial charge on any atom is -0.308 e. The molecule has 6 nitrogen and oxygen atoms in total. The number of nitrogens with zero attached hydrogens (tertiary/aromatic N) is 4. The summed E-state index contributed by atoms with van der Waals surface area (Å²) in [5.41, 5.74) is 6.28. The summed E-state index contributed by atoms with van der Waals surface area (Å²) in [5.74, 6) is 6.74. The summed E-state index contributed by atoms with van der Waals surface area (Å²) in [5, 5.41) is 4.28. The topological polar surface area (TPSA) is 81.7 Å². The van der Waals surface area contributed by atoms with E-state index in [-0.39, 0.29) is 0 Å². The van der Waals surface area contributed by atoms with E-state index in [1.807, 2.05) is 34.0 Å². The largest absolute Gasteiger partial charge is 0.308 e. The lowest BCUT2D eigenvalue weighted by Crippen LogP contribution is -2.12. The molecule has 2 aromatic rings. The van der Waals surface area contributed by atoms with Crippen molar-refractivity contribution < 1.29 is 0 Å². The Kier molecular flexibility index (Phi) is 2.81. The van der Waals surface area contributed by atoms with Gasteiger partial charge in [-0.1, -0.05) is 0 Å². The fourth-order valence-corrected chi connectivity index (χ4v) is 1.71. The Balaban J connectivity index is 2.60. The van der Waals surface area contributed by atoms with Gasteiger partial charge in [0.15, 0.2) is 5.82 Å². The van der Waals surface area contributed by atoms with Gasteiger partial charge in [0.05, 0.1) is 11.3 Å². The molecule has 17 heavy (non-hydrogen) atoms. The van der Waals surface area contributed by atoms with Crippen LogP contribution in [-0.2, 0) is 7.05 Å². The SMILES string of the molecule is Cc1nn(C)cc1-c1nc(C)c(C)c(NN)n1. The van der Waals surface area contributed by atoms with Crippen molar-refractivity contribution >= 4 is 5.82 Å². The lowest BCUT2D eigenvalue weighted by molar-refractivity contribution is 0.756. The Bertz CT molecular complexity index is 557. The smallest absolute Gasteiger partial charge is 0.165 e. The van der Waals surface area contributed by atoms with Crippen molar-refractivity contribution in [3.63, 3.8) is 0 Å². The van der Waals surface area contributed by atoms with Gasteiger partial charge in [0.25, 0.3) is 0 Å². The Hall–Kier alpha value is -1.95. The van der Waals surface area contributed by atoms with Gasteiger partial charge in [0.1, 0.15) is 5.82 Å². The van der Waals surface area contributed by atoms with E-state index in [0.717, 1.165) is 22.5 Å². The van der Waals surface area contributed by atoms with E-state index in [2.05, 4.69) is 20.5 Å². The van der Waals surface area contributed by atoms with Gasteiger partial charge < -0.3 is 5.43 Å². The molecule has 0 aliphatic rings. The minimum absolute atomic E-state index is 0.645. The zero-order chi connectivity index (χ0) is 12.6. The molecule has 0 saturated carbocycles. The van der Waals surface area contributed by atoms with E-state index in [1.54, 1.807) is 4.68 Å². The van der Waals surface area contributed by atoms with Crippen molar-refractivity contribution in [1.82, 2.24) is 19.7 Å². The van der Waals surface area contributed by atoms with Crippen molar-refractivity contribution in [2.45, 2.75) is 20.8 Å². The molecule has 0 unspecified atom stereocenters. The van der Waals surface area contributed by atoms with Crippen LogP contribution in [0.1, 0.15) is 17.0 Å². The third-order valence-corrected chi connectivity index (χ3v) is 2.78. The molecule has 6 heteroatoms. The van der Waals surface area contributed by atoms with Crippen LogP contribution in [0.5, 0.6) is 0 Å². The van der Waals surface area contributed by atoms with Crippen molar-refractivity contribution in [3.8, 4) is 11.4 Å². The van der Waals surface area contributed by atoms with Crippen molar-refractivity contribution in [2.24, 2.45) is 12.9 Å². The van der Waals surface area contributed by atoms with Gasteiger partial charge in [0, 0.05) is 24.5 Å². The molecular weight excluding hydrogens is 216 g/mol. The summed E-state index contributed by atoms with van der Waals surface area (Å²) in [6, 6.07) is 0. The molecule has 0 fully saturated rings. The van der Waals surface area contributed by atoms with Crippen molar-refractivity contribution in [3.05, 3.63) is 23.1 Å². The average Bonchev–Trinajstić information content (AvgIpc) is 2.61. The van der Waals surface area contributed by atoms with Gasteiger partial charge in [-0.25, -0.2) is 15.8 Å². The number of hydrazine groups is 1. The second-order valence-corrected chi connectivity index (χ2v) is 4.05. The van der Waals surface area contributed by atoms with Crippen LogP contribution < -0.4 is 11.3 Å². The van der Waals surface area contributed by atoms with Crippen LogP contribution in [0, 0.1) is 20.8 Å². The van der Waals surface area contributed by atoms with Crippen LogP contribution in [0.3, 0.4) is 0 Å². The molecule has 90 valence electrons. The number of aromatic nitrogens is 4. The Morgan fingerprint density at radius 2 is 1.88 bits per heavy atom. The van der Waals surface area contributed by atoms with E-state index < -0.39 is 0 Å². The zero-order valence-corrected chi connectivity index (χ0v) is 10.4. The second kappa shape index (κ2) is 4.14. The molecule has 2 aromatic heterocycles. The molecule has 2 heterocycles. The van der Waals surface area contributed by atoms with Crippen molar-refractivity contribution in [2.75, 3.05) is 5.43 Å². The van der Waals surface area contributed by atoms with Crippen LogP contribution >= 0.6 is 0 Å². The number of nitrogens with two attached hydrogens (primary N) is 1. The molecule has 0 atom stereocenters. The van der Waals surface area contributed by atoms with Gasteiger partial charge in [-0.3, -0.25) is 4.68 Å². The van der Waals surface area contributed by atoms with E-state index in [9.17, 15) is 0 Å². The lowest BCUT2D eigenvalue weighted by Gasteiger charge is -2.08. The molecule has 0 aromatic carbocycles. The Morgan fingerprint density at radius 3 is 2.41 bits per heavy atom. The first kappa shape index (κ1) is 11.5. The summed E-state index contributed by atoms with van der Waals surface area (Å²) in [6.07, 6.45) is 1.90. The molecule has 2 rings (SSSR count).